The van der Waals surface area contributed by atoms with E-state index in [9.17, 15) is 0 Å². The first-order chi connectivity index (χ1) is 5.72. The van der Waals surface area contributed by atoms with Crippen LogP contribution in [0.15, 0.2) is 0 Å². The van der Waals surface area contributed by atoms with Gasteiger partial charge in [-0.15, -0.1) is 0 Å². The van der Waals surface area contributed by atoms with Crippen molar-refractivity contribution in [3.8, 4) is 0 Å². The molecule has 1 heterocycles. The van der Waals surface area contributed by atoms with Crippen LogP contribution in [-0.2, 0) is 9.47 Å². The van der Waals surface area contributed by atoms with Crippen molar-refractivity contribution >= 4 is 19.6 Å². The summed E-state index contributed by atoms with van der Waals surface area (Å²) < 4.78 is 11.1. The highest BCUT2D eigenvalue weighted by Crippen LogP contribution is 2.31. The first kappa shape index (κ1) is 10.4. The molecule has 70 valence electrons. The molecule has 12 heavy (non-hydrogen) atoms. The number of thioether (sulfide) groups is 1. The van der Waals surface area contributed by atoms with Gasteiger partial charge < -0.3 is 9.47 Å². The van der Waals surface area contributed by atoms with E-state index in [-0.39, 0.29) is 5.60 Å². The van der Waals surface area contributed by atoms with E-state index in [1.54, 1.807) is 7.11 Å². The van der Waals surface area contributed by atoms with Crippen LogP contribution < -0.4 is 0 Å². The Morgan fingerprint density at radius 2 is 2.50 bits per heavy atom. The fraction of sp³-hybridized carbons (Fsp3) is 1.00. The lowest BCUT2D eigenvalue weighted by Crippen LogP contribution is -2.37. The van der Waals surface area contributed by atoms with E-state index < -0.39 is 0 Å². The van der Waals surface area contributed by atoms with Crippen molar-refractivity contribution in [3.63, 3.8) is 0 Å². The van der Waals surface area contributed by atoms with Crippen molar-refractivity contribution in [1.29, 1.82) is 0 Å². The number of hydrogen-bond donors (Lipinski definition) is 0. The first-order valence-corrected chi connectivity index (χ1v) is 5.77. The minimum Gasteiger partial charge on any atom is -0.382 e. The fourth-order valence-corrected chi connectivity index (χ4v) is 2.61. The Bertz CT molecular complexity index is 132. The minimum atomic E-state index is 0.00752. The zero-order chi connectivity index (χ0) is 9.03. The Balaban J connectivity index is 2.48. The molecule has 0 unspecified atom stereocenters. The van der Waals surface area contributed by atoms with Gasteiger partial charge in [-0.1, -0.05) is 0 Å². The zero-order valence-corrected chi connectivity index (χ0v) is 8.95. The molecule has 1 saturated heterocycles. The van der Waals surface area contributed by atoms with E-state index >= 15 is 0 Å². The number of hydrogen-bond acceptors (Lipinski definition) is 3. The van der Waals surface area contributed by atoms with E-state index in [1.807, 2.05) is 11.8 Å². The average molecular weight is 188 g/mol. The Kier molecular flexibility index (Phi) is 3.94. The zero-order valence-electron chi connectivity index (χ0n) is 8.13. The van der Waals surface area contributed by atoms with Gasteiger partial charge in [-0.3, -0.25) is 0 Å². The molecule has 1 rings (SSSR count). The summed E-state index contributed by atoms with van der Waals surface area (Å²) in [5, 5.41) is 0. The molecule has 1 aliphatic rings. The molecule has 2 nitrogen and oxygen atoms in total. The molecule has 0 aromatic rings. The quantitative estimate of drug-likeness (QED) is 0.598. The summed E-state index contributed by atoms with van der Waals surface area (Å²) in [6.45, 7) is 0.734. The first-order valence-electron chi connectivity index (χ1n) is 4.38. The van der Waals surface area contributed by atoms with Gasteiger partial charge in [-0.25, -0.2) is 0 Å². The molecule has 2 atom stereocenters. The Labute approximate surface area is 79.8 Å². The van der Waals surface area contributed by atoms with Gasteiger partial charge in [0.2, 0.25) is 0 Å². The topological polar surface area (TPSA) is 18.5 Å². The molecule has 4 heteroatoms. The lowest BCUT2D eigenvalue weighted by atomic mass is 9.95. The van der Waals surface area contributed by atoms with Crippen molar-refractivity contribution in [1.82, 2.24) is 0 Å². The van der Waals surface area contributed by atoms with Crippen molar-refractivity contribution in [2.24, 2.45) is 0 Å². The summed E-state index contributed by atoms with van der Waals surface area (Å²) in [4.78, 5) is 0. The number of rotatable bonds is 4. The third-order valence-electron chi connectivity index (χ3n) is 2.27. The smallest absolute Gasteiger partial charge is 0.139 e. The van der Waals surface area contributed by atoms with Crippen LogP contribution in [0.5, 0.6) is 0 Å². The van der Waals surface area contributed by atoms with Crippen molar-refractivity contribution in [3.05, 3.63) is 0 Å². The van der Waals surface area contributed by atoms with Crippen LogP contribution >= 0.6 is 11.8 Å². The maximum atomic E-state index is 5.88. The average Bonchev–Trinajstić information content (AvgIpc) is 2.34. The standard InChI is InChI=1S/C8H17BO2S/c1-10-5-8(6-12-2)4-3-7(9)11-8/h7H,3-6,9H2,1-2H3/t7-,8+/m1/s1. The second-order valence-electron chi connectivity index (χ2n) is 3.52. The summed E-state index contributed by atoms with van der Waals surface area (Å²) in [6, 6.07) is 0.410. The highest BCUT2D eigenvalue weighted by molar-refractivity contribution is 7.98. The van der Waals surface area contributed by atoms with E-state index in [0.29, 0.717) is 6.00 Å². The molecule has 0 radical (unpaired) electrons. The van der Waals surface area contributed by atoms with Gasteiger partial charge in [0.05, 0.1) is 12.2 Å². The molecule has 0 aromatic carbocycles. The molecule has 1 fully saturated rings. The van der Waals surface area contributed by atoms with Crippen molar-refractivity contribution in [2.75, 3.05) is 25.7 Å². The maximum absolute atomic E-state index is 5.88. The Morgan fingerprint density at radius 1 is 1.75 bits per heavy atom. The molecule has 0 saturated carbocycles. The van der Waals surface area contributed by atoms with Crippen LogP contribution in [0.4, 0.5) is 0 Å². The van der Waals surface area contributed by atoms with E-state index in [0.717, 1.165) is 18.8 Å². The molecule has 0 aromatic heterocycles. The molecule has 0 bridgehead atoms. The van der Waals surface area contributed by atoms with Gasteiger partial charge >= 0.3 is 0 Å². The summed E-state index contributed by atoms with van der Waals surface area (Å²) in [5.74, 6) is 1.05. The van der Waals surface area contributed by atoms with Gasteiger partial charge in [0.25, 0.3) is 0 Å². The summed E-state index contributed by atoms with van der Waals surface area (Å²) in [7, 11) is 3.88. The normalized spacial score (nSPS) is 35.7. The fourth-order valence-electron chi connectivity index (χ4n) is 1.79. The molecule has 0 spiro atoms. The van der Waals surface area contributed by atoms with Crippen LogP contribution in [0.3, 0.4) is 0 Å². The molecular formula is C8H17BO2S. The van der Waals surface area contributed by atoms with Gasteiger partial charge in [0.15, 0.2) is 0 Å². The van der Waals surface area contributed by atoms with E-state index in [4.69, 9.17) is 9.47 Å². The van der Waals surface area contributed by atoms with Crippen LogP contribution in [0.1, 0.15) is 12.8 Å². The van der Waals surface area contributed by atoms with Crippen molar-refractivity contribution in [2.45, 2.75) is 24.4 Å². The van der Waals surface area contributed by atoms with Crippen LogP contribution in [-0.4, -0.2) is 45.2 Å². The van der Waals surface area contributed by atoms with Crippen LogP contribution in [0.2, 0.25) is 0 Å². The lowest BCUT2D eigenvalue weighted by Gasteiger charge is -2.27. The molecule has 0 aliphatic carbocycles. The number of ether oxygens (including phenoxy) is 2. The van der Waals surface area contributed by atoms with Crippen LogP contribution in [0, 0.1) is 0 Å². The van der Waals surface area contributed by atoms with Crippen molar-refractivity contribution < 1.29 is 9.47 Å². The van der Waals surface area contributed by atoms with Crippen LogP contribution in [0.25, 0.3) is 0 Å². The Morgan fingerprint density at radius 3 is 2.92 bits per heavy atom. The van der Waals surface area contributed by atoms with Gasteiger partial charge in [-0.05, 0) is 19.1 Å². The Hall–Kier alpha value is 0.335. The third-order valence-corrected chi connectivity index (χ3v) is 3.09. The van der Waals surface area contributed by atoms with Gasteiger partial charge in [-0.2, -0.15) is 11.8 Å². The largest absolute Gasteiger partial charge is 0.382 e. The van der Waals surface area contributed by atoms with E-state index in [2.05, 4.69) is 14.1 Å². The SMILES string of the molecule is B[C@H]1CC[C@](COC)(CSC)O1. The summed E-state index contributed by atoms with van der Waals surface area (Å²) in [5.41, 5.74) is 0.00752. The number of methoxy groups -OCH3 is 1. The second-order valence-corrected chi connectivity index (χ2v) is 4.38. The summed E-state index contributed by atoms with van der Waals surface area (Å²) in [6.07, 6.45) is 4.43. The maximum Gasteiger partial charge on any atom is 0.139 e. The highest BCUT2D eigenvalue weighted by Gasteiger charge is 2.37. The third kappa shape index (κ3) is 2.41. The van der Waals surface area contributed by atoms with E-state index in [1.165, 1.54) is 6.42 Å². The predicted octanol–water partition coefficient (Wildman–Crippen LogP) is 0.504. The molecule has 1 aliphatic heterocycles. The highest BCUT2D eigenvalue weighted by atomic mass is 32.2. The minimum absolute atomic E-state index is 0.00752. The molecule has 0 amide bonds. The van der Waals surface area contributed by atoms with Gasteiger partial charge in [0, 0.05) is 18.9 Å². The molecular weight excluding hydrogens is 171 g/mol. The summed E-state index contributed by atoms with van der Waals surface area (Å²) >= 11 is 1.83. The lowest BCUT2D eigenvalue weighted by molar-refractivity contribution is -0.0456. The van der Waals surface area contributed by atoms with Gasteiger partial charge in [0.1, 0.15) is 7.85 Å². The monoisotopic (exact) mass is 188 g/mol. The predicted molar refractivity (Wildman–Crippen MR) is 55.6 cm³/mol. The molecule has 0 N–H and O–H groups in total. The second kappa shape index (κ2) is 4.54.